The van der Waals surface area contributed by atoms with Gasteiger partial charge in [-0.15, -0.1) is 0 Å². The first-order chi connectivity index (χ1) is 10.9. The molecule has 0 aliphatic carbocycles. The monoisotopic (exact) mass is 378 g/mol. The summed E-state index contributed by atoms with van der Waals surface area (Å²) in [6.07, 6.45) is -0.286. The van der Waals surface area contributed by atoms with Crippen LogP contribution < -0.4 is 10.9 Å². The average molecular weight is 379 g/mol. The maximum absolute atomic E-state index is 12.3. The van der Waals surface area contributed by atoms with Crippen molar-refractivity contribution >= 4 is 27.8 Å². The second-order valence-electron chi connectivity index (χ2n) is 5.06. The van der Waals surface area contributed by atoms with Gasteiger partial charge in [-0.2, -0.15) is 0 Å². The van der Waals surface area contributed by atoms with E-state index in [9.17, 15) is 14.4 Å². The Morgan fingerprint density at radius 1 is 1.30 bits per heavy atom. The number of carboxylic acid groups (broad SMARTS) is 1. The number of carboxylic acids is 1. The van der Waals surface area contributed by atoms with Gasteiger partial charge in [0.25, 0.3) is 11.5 Å². The van der Waals surface area contributed by atoms with Gasteiger partial charge < -0.3 is 15.4 Å². The van der Waals surface area contributed by atoms with E-state index in [-0.39, 0.29) is 12.0 Å². The number of aliphatic carboxylic acids is 1. The third-order valence-corrected chi connectivity index (χ3v) is 3.73. The van der Waals surface area contributed by atoms with E-state index >= 15 is 0 Å². The molecule has 0 saturated carbocycles. The fourth-order valence-electron chi connectivity index (χ4n) is 2.14. The van der Waals surface area contributed by atoms with Gasteiger partial charge in [0.05, 0.1) is 12.5 Å². The number of aromatic nitrogens is 1. The zero-order chi connectivity index (χ0) is 17.0. The van der Waals surface area contributed by atoms with E-state index in [2.05, 4.69) is 26.2 Å². The van der Waals surface area contributed by atoms with E-state index in [1.54, 1.807) is 37.3 Å². The second kappa shape index (κ2) is 7.23. The highest BCUT2D eigenvalue weighted by Gasteiger charge is 2.20. The lowest BCUT2D eigenvalue weighted by Gasteiger charge is -2.17. The molecule has 1 atom stereocenters. The number of amides is 1. The number of aromatic amines is 1. The van der Waals surface area contributed by atoms with E-state index < -0.39 is 23.5 Å². The molecule has 120 valence electrons. The third-order valence-electron chi connectivity index (χ3n) is 3.24. The molecule has 7 heteroatoms. The molecule has 0 saturated heterocycles. The summed E-state index contributed by atoms with van der Waals surface area (Å²) in [5.74, 6) is -1.66. The fourth-order valence-corrected chi connectivity index (χ4v) is 2.55. The molecule has 23 heavy (non-hydrogen) atoms. The predicted octanol–water partition coefficient (Wildman–Crippen LogP) is 2.39. The minimum absolute atomic E-state index is 0.0546. The smallest absolute Gasteiger partial charge is 0.305 e. The zero-order valence-electron chi connectivity index (χ0n) is 12.3. The number of rotatable bonds is 5. The van der Waals surface area contributed by atoms with E-state index in [0.717, 1.165) is 4.47 Å². The molecule has 1 aromatic carbocycles. The molecule has 1 aromatic heterocycles. The van der Waals surface area contributed by atoms with E-state index in [1.807, 2.05) is 0 Å². The van der Waals surface area contributed by atoms with Gasteiger partial charge in [0.15, 0.2) is 0 Å². The standard InChI is InChI=1S/C16H15BrN2O4/c1-9-5-6-12(15(22)18-9)16(23)19-13(8-14(20)21)10-3-2-4-11(17)7-10/h2-7,13H,8H2,1H3,(H,18,22)(H,19,23)(H,20,21)/t13-/m0/s1. The van der Waals surface area contributed by atoms with Crippen LogP contribution >= 0.6 is 15.9 Å². The molecule has 6 nitrogen and oxygen atoms in total. The lowest BCUT2D eigenvalue weighted by atomic mass is 10.0. The molecule has 0 fully saturated rings. The lowest BCUT2D eigenvalue weighted by molar-refractivity contribution is -0.137. The molecule has 3 N–H and O–H groups in total. The summed E-state index contributed by atoms with van der Waals surface area (Å²) in [5.41, 5.74) is 0.714. The number of nitrogens with one attached hydrogen (secondary N) is 2. The number of pyridine rings is 1. The summed E-state index contributed by atoms with van der Waals surface area (Å²) in [6, 6.07) is 9.29. The SMILES string of the molecule is Cc1ccc(C(=O)N[C@@H](CC(=O)O)c2cccc(Br)c2)c(=O)[nH]1. The lowest BCUT2D eigenvalue weighted by Crippen LogP contribution is -2.34. The Balaban J connectivity index is 2.28. The third kappa shape index (κ3) is 4.53. The van der Waals surface area contributed by atoms with Crippen molar-refractivity contribution < 1.29 is 14.7 Å². The number of carbonyl (C=O) groups is 2. The largest absolute Gasteiger partial charge is 0.481 e. The molecule has 0 unspecified atom stereocenters. The van der Waals surface area contributed by atoms with Gasteiger partial charge in [0.2, 0.25) is 0 Å². The van der Waals surface area contributed by atoms with Gasteiger partial charge in [0.1, 0.15) is 5.56 Å². The maximum atomic E-state index is 12.3. The Morgan fingerprint density at radius 2 is 2.04 bits per heavy atom. The number of benzene rings is 1. The first-order valence-electron chi connectivity index (χ1n) is 6.85. The summed E-state index contributed by atoms with van der Waals surface area (Å²) >= 11 is 3.31. The van der Waals surface area contributed by atoms with E-state index in [0.29, 0.717) is 11.3 Å². The van der Waals surface area contributed by atoms with Gasteiger partial charge in [0, 0.05) is 10.2 Å². The van der Waals surface area contributed by atoms with Crippen LogP contribution in [-0.4, -0.2) is 22.0 Å². The molecular weight excluding hydrogens is 364 g/mol. The molecule has 0 aliphatic rings. The molecule has 1 amide bonds. The molecule has 2 rings (SSSR count). The molecule has 0 spiro atoms. The highest BCUT2D eigenvalue weighted by molar-refractivity contribution is 9.10. The highest BCUT2D eigenvalue weighted by Crippen LogP contribution is 2.21. The number of aryl methyl sites for hydroxylation is 1. The van der Waals surface area contributed by atoms with Crippen LogP contribution in [0.3, 0.4) is 0 Å². The van der Waals surface area contributed by atoms with Crippen LogP contribution in [0.4, 0.5) is 0 Å². The Morgan fingerprint density at radius 3 is 2.65 bits per heavy atom. The van der Waals surface area contributed by atoms with Crippen LogP contribution in [0.15, 0.2) is 45.7 Å². The minimum Gasteiger partial charge on any atom is -0.481 e. The van der Waals surface area contributed by atoms with Crippen LogP contribution in [0.2, 0.25) is 0 Å². The molecule has 1 heterocycles. The maximum Gasteiger partial charge on any atom is 0.305 e. The number of H-pyrrole nitrogens is 1. The second-order valence-corrected chi connectivity index (χ2v) is 5.98. The first kappa shape index (κ1) is 17.0. The summed E-state index contributed by atoms with van der Waals surface area (Å²) in [6.45, 7) is 1.71. The van der Waals surface area contributed by atoms with Crippen LogP contribution in [-0.2, 0) is 4.79 Å². The van der Waals surface area contributed by atoms with Crippen molar-refractivity contribution in [3.63, 3.8) is 0 Å². The van der Waals surface area contributed by atoms with Crippen LogP contribution in [0, 0.1) is 6.92 Å². The topological polar surface area (TPSA) is 99.3 Å². The Labute approximate surface area is 140 Å². The number of hydrogen-bond acceptors (Lipinski definition) is 3. The van der Waals surface area contributed by atoms with Crippen molar-refractivity contribution in [2.24, 2.45) is 0 Å². The van der Waals surface area contributed by atoms with Crippen molar-refractivity contribution in [1.82, 2.24) is 10.3 Å². The van der Waals surface area contributed by atoms with Crippen molar-refractivity contribution in [2.45, 2.75) is 19.4 Å². The Hall–Kier alpha value is -2.41. The van der Waals surface area contributed by atoms with Crippen molar-refractivity contribution in [3.8, 4) is 0 Å². The van der Waals surface area contributed by atoms with E-state index in [4.69, 9.17) is 5.11 Å². The normalized spacial score (nSPS) is 11.7. The van der Waals surface area contributed by atoms with Crippen LogP contribution in [0.1, 0.15) is 34.1 Å². The Bertz CT molecular complexity index is 801. The minimum atomic E-state index is -1.05. The van der Waals surface area contributed by atoms with Crippen LogP contribution in [0.5, 0.6) is 0 Å². The fraction of sp³-hybridized carbons (Fsp3) is 0.188. The van der Waals surface area contributed by atoms with Gasteiger partial charge >= 0.3 is 5.97 Å². The zero-order valence-corrected chi connectivity index (χ0v) is 13.9. The summed E-state index contributed by atoms with van der Waals surface area (Å²) in [7, 11) is 0. The van der Waals surface area contributed by atoms with Crippen molar-refractivity contribution in [2.75, 3.05) is 0 Å². The summed E-state index contributed by atoms with van der Waals surface area (Å²) in [4.78, 5) is 37.7. The molecular formula is C16H15BrN2O4. The number of halogens is 1. The van der Waals surface area contributed by atoms with Gasteiger partial charge in [-0.25, -0.2) is 0 Å². The quantitative estimate of drug-likeness (QED) is 0.743. The predicted molar refractivity (Wildman–Crippen MR) is 88.4 cm³/mol. The van der Waals surface area contributed by atoms with Gasteiger partial charge in [-0.05, 0) is 36.8 Å². The van der Waals surface area contributed by atoms with Gasteiger partial charge in [-0.1, -0.05) is 28.1 Å². The molecule has 0 bridgehead atoms. The van der Waals surface area contributed by atoms with E-state index in [1.165, 1.54) is 6.07 Å². The molecule has 2 aromatic rings. The molecule has 0 aliphatic heterocycles. The van der Waals surface area contributed by atoms with Crippen molar-refractivity contribution in [3.05, 3.63) is 68.0 Å². The first-order valence-corrected chi connectivity index (χ1v) is 7.64. The average Bonchev–Trinajstić information content (AvgIpc) is 2.45. The summed E-state index contributed by atoms with van der Waals surface area (Å²) < 4.78 is 0.771. The highest BCUT2D eigenvalue weighted by atomic mass is 79.9. The number of hydrogen-bond donors (Lipinski definition) is 3. The summed E-state index contributed by atoms with van der Waals surface area (Å²) in [5, 5.41) is 11.7. The van der Waals surface area contributed by atoms with Crippen molar-refractivity contribution in [1.29, 1.82) is 0 Å². The van der Waals surface area contributed by atoms with Gasteiger partial charge in [-0.3, -0.25) is 14.4 Å². The Kier molecular flexibility index (Phi) is 5.33. The van der Waals surface area contributed by atoms with Crippen LogP contribution in [0.25, 0.3) is 0 Å². The number of carbonyl (C=O) groups excluding carboxylic acids is 1. The molecule has 0 radical (unpaired) electrons.